The van der Waals surface area contributed by atoms with Crippen LogP contribution in [0.1, 0.15) is 418 Å². The number of hydrogen-bond donors (Lipinski definition) is 3. The van der Waals surface area contributed by atoms with Gasteiger partial charge in [-0.3, -0.25) is 14.4 Å². The summed E-state index contributed by atoms with van der Waals surface area (Å²) < 4.78 is 62.3. The van der Waals surface area contributed by atoms with Crippen molar-refractivity contribution in [3.8, 4) is 51.7 Å². The van der Waals surface area contributed by atoms with Gasteiger partial charge in [-0.05, 0) is 164 Å². The minimum atomic E-state index is -0.761. The normalized spacial score (nSPS) is 14.8. The lowest BCUT2D eigenvalue weighted by Gasteiger charge is -2.22. The Morgan fingerprint density at radius 2 is 0.318 bits per heavy atom. The van der Waals surface area contributed by atoms with Crippen molar-refractivity contribution in [1.82, 2.24) is 0 Å². The third kappa shape index (κ3) is 52.2. The van der Waals surface area contributed by atoms with Crippen molar-refractivity contribution < 1.29 is 57.0 Å². The molecule has 756 valence electrons. The number of carbonyl (C=O) groups excluding carboxylic acids is 3. The fourth-order valence-corrected chi connectivity index (χ4v) is 17.1. The van der Waals surface area contributed by atoms with Crippen LogP contribution < -0.4 is 58.6 Å². The Morgan fingerprint density at radius 3 is 0.447 bits per heavy atom. The van der Waals surface area contributed by atoms with Gasteiger partial charge in [-0.1, -0.05) is 360 Å². The molecule has 0 aromatic heterocycles. The molecule has 0 heterocycles. The number of rotatable bonds is 78. The molecular formula is C117H201N3O12. The maximum absolute atomic E-state index is 15.9. The van der Waals surface area contributed by atoms with Gasteiger partial charge in [-0.15, -0.1) is 0 Å². The first-order valence-electron chi connectivity index (χ1n) is 54.1. The number of Topliss-reactive ketones (excluding diaryl/α,β-unsaturated/α-hetero) is 3. The third-order valence-electron chi connectivity index (χ3n) is 26.8. The smallest absolute Gasteiger partial charge is 0.203 e. The maximum atomic E-state index is 15.9. The van der Waals surface area contributed by atoms with E-state index in [2.05, 4.69) is 203 Å². The summed E-state index contributed by atoms with van der Waals surface area (Å²) in [6, 6.07) is 11.4. The standard InChI is InChI=1S/C117H201N3O12/c1-82(2)37-28-46-91(19)55-64-124-106-73-100(74-107(125-65-56-92(20)47-29-38-83(3)4)115(106)130-70-61-97(25)52-34-43-88(13)14)118-79-103-112(121)104(80-119-101-75-108(126-66-57-93(21)48-30-39-84(5)6)116(131-71-62-98(26)53-35-44-89(15)16)109(76-101)127-67-58-94(22)49-31-40-85(7)8)114(123)105(113(103)122)81-120-102-77-110(128-68-59-95(23)50-32-41-86(9)10)117(132-72-63-99(27)54-36-45-90(17)18)111(78-102)129-69-60-96(24)51-33-42-87(11)12/h73-99,118-120H,28-72H2,1-27H3/t91-,92-,93-,94-,95-,96-,97-,98-,99-/m0/s1. The van der Waals surface area contributed by atoms with Gasteiger partial charge in [0, 0.05) is 72.1 Å². The molecule has 3 aromatic rings. The monoisotopic (exact) mass is 1840 g/mol. The molecule has 0 amide bonds. The Kier molecular flexibility index (Phi) is 60.4. The molecule has 3 aromatic carbocycles. The summed E-state index contributed by atoms with van der Waals surface area (Å²) in [4.78, 5) is 47.7. The molecule has 0 bridgehead atoms. The van der Waals surface area contributed by atoms with Gasteiger partial charge >= 0.3 is 0 Å². The van der Waals surface area contributed by atoms with Crippen molar-refractivity contribution in [2.75, 3.05) is 75.4 Å². The largest absolute Gasteiger partial charge is 0.489 e. The first-order chi connectivity index (χ1) is 62.9. The summed E-state index contributed by atoms with van der Waals surface area (Å²) in [6.45, 7) is 66.0. The van der Waals surface area contributed by atoms with Crippen molar-refractivity contribution >= 4 is 34.4 Å². The van der Waals surface area contributed by atoms with E-state index in [0.29, 0.717) is 235 Å². The summed E-state index contributed by atoms with van der Waals surface area (Å²) in [5.41, 5.74) is 0.780. The second-order valence-corrected chi connectivity index (χ2v) is 45.1. The third-order valence-corrected chi connectivity index (χ3v) is 26.8. The van der Waals surface area contributed by atoms with E-state index in [0.717, 1.165) is 154 Å². The summed E-state index contributed by atoms with van der Waals surface area (Å²) in [7, 11) is 0. The summed E-state index contributed by atoms with van der Waals surface area (Å²) in [5.74, 6) is 12.0. The van der Waals surface area contributed by atoms with Gasteiger partial charge in [0.15, 0.2) is 34.5 Å². The van der Waals surface area contributed by atoms with Crippen molar-refractivity contribution in [3.05, 3.63) is 71.7 Å². The summed E-state index contributed by atoms with van der Waals surface area (Å²) in [5, 5.41) is 10.3. The SMILES string of the molecule is CC(C)CCC[C@H](C)CCOc1cc(NC=C2C(=O)C(=CNc3cc(OCC[C@@H](C)CCCC(C)C)c(OCC[C@@H](C)CCCC(C)C)c(OCC[C@@H](C)CCCC(C)C)c3)C(=O)C(=CNc3cc(OCC[C@@H](C)CCCC(C)C)c(OCC[C@@H](C)CCCC(C)C)c(OCC[C@@H](C)CCCC(C)C)c3)C2=O)cc(OCC[C@@H](C)CCCC(C)C)c1OCC[C@@H](C)CCCC(C)C. The molecule has 1 aliphatic carbocycles. The highest BCUT2D eigenvalue weighted by molar-refractivity contribution is 6.51. The number of nitrogens with one attached hydrogen (secondary N) is 3. The summed E-state index contributed by atoms with van der Waals surface area (Å²) >= 11 is 0. The number of allylic oxidation sites excluding steroid dienone is 3. The van der Waals surface area contributed by atoms with Crippen molar-refractivity contribution in [2.45, 2.75) is 418 Å². The Bertz CT molecular complexity index is 3160. The number of hydrogen-bond acceptors (Lipinski definition) is 15. The molecule has 0 radical (unpaired) electrons. The minimum Gasteiger partial charge on any atom is -0.489 e. The molecule has 1 fully saturated rings. The van der Waals surface area contributed by atoms with E-state index in [-0.39, 0.29) is 16.7 Å². The maximum Gasteiger partial charge on any atom is 0.203 e. The predicted molar refractivity (Wildman–Crippen MR) is 561 cm³/mol. The van der Waals surface area contributed by atoms with Crippen LogP contribution in [0.2, 0.25) is 0 Å². The Morgan fingerprint density at radius 1 is 0.189 bits per heavy atom. The number of ketones is 3. The second kappa shape index (κ2) is 67.7. The zero-order valence-corrected chi connectivity index (χ0v) is 89.8. The average molecular weight is 1840 g/mol. The number of carbonyl (C=O) groups is 3. The fourth-order valence-electron chi connectivity index (χ4n) is 17.1. The van der Waals surface area contributed by atoms with E-state index in [1.807, 2.05) is 36.4 Å². The molecule has 1 saturated carbocycles. The van der Waals surface area contributed by atoms with Gasteiger partial charge in [0.1, 0.15) is 0 Å². The highest BCUT2D eigenvalue weighted by atomic mass is 16.6. The number of anilines is 3. The Balaban J connectivity index is 2.13. The number of ether oxygens (including phenoxy) is 9. The molecule has 15 nitrogen and oxygen atoms in total. The van der Waals surface area contributed by atoms with Crippen LogP contribution in [0.3, 0.4) is 0 Å². The minimum absolute atomic E-state index is 0.252. The van der Waals surface area contributed by atoms with E-state index in [1.165, 1.54) is 95.6 Å². The van der Waals surface area contributed by atoms with Crippen LogP contribution in [-0.4, -0.2) is 76.8 Å². The lowest BCUT2D eigenvalue weighted by molar-refractivity contribution is -0.124. The molecule has 0 unspecified atom stereocenters. The van der Waals surface area contributed by atoms with Gasteiger partial charge < -0.3 is 58.6 Å². The van der Waals surface area contributed by atoms with Crippen molar-refractivity contribution in [3.63, 3.8) is 0 Å². The second-order valence-electron chi connectivity index (χ2n) is 45.1. The lowest BCUT2D eigenvalue weighted by Crippen LogP contribution is -2.33. The summed E-state index contributed by atoms with van der Waals surface area (Å²) in [6.07, 6.45) is 42.9. The zero-order chi connectivity index (χ0) is 97.5. The van der Waals surface area contributed by atoms with Crippen molar-refractivity contribution in [2.24, 2.45) is 107 Å². The first-order valence-corrected chi connectivity index (χ1v) is 54.1. The van der Waals surface area contributed by atoms with Gasteiger partial charge in [-0.2, -0.15) is 0 Å². The van der Waals surface area contributed by atoms with Crippen LogP contribution in [-0.2, 0) is 14.4 Å². The van der Waals surface area contributed by atoms with Crippen LogP contribution in [0.15, 0.2) is 71.7 Å². The molecule has 9 atom stereocenters. The van der Waals surface area contributed by atoms with E-state index >= 15 is 14.4 Å². The molecule has 3 N–H and O–H groups in total. The molecule has 0 saturated heterocycles. The van der Waals surface area contributed by atoms with Crippen LogP contribution in [0.25, 0.3) is 0 Å². The van der Waals surface area contributed by atoms with E-state index < -0.39 is 17.3 Å². The fraction of sp³-hybridized carbons (Fsp3) is 0.769. The van der Waals surface area contributed by atoms with Crippen molar-refractivity contribution in [1.29, 1.82) is 0 Å². The molecule has 132 heavy (non-hydrogen) atoms. The molecular weight excluding hydrogens is 1640 g/mol. The topological polar surface area (TPSA) is 170 Å². The average Bonchev–Trinajstić information content (AvgIpc) is 0.775. The number of benzene rings is 3. The highest BCUT2D eigenvalue weighted by Crippen LogP contribution is 2.46. The predicted octanol–water partition coefficient (Wildman–Crippen LogP) is 33.8. The van der Waals surface area contributed by atoms with Gasteiger partial charge in [0.25, 0.3) is 0 Å². The Labute approximate surface area is 810 Å². The molecule has 1 aliphatic rings. The van der Waals surface area contributed by atoms with Gasteiger partial charge in [-0.25, -0.2) is 0 Å². The quantitative estimate of drug-likeness (QED) is 0.0360. The molecule has 15 heteroatoms. The highest BCUT2D eigenvalue weighted by Gasteiger charge is 2.39. The van der Waals surface area contributed by atoms with E-state index in [9.17, 15) is 0 Å². The van der Waals surface area contributed by atoms with E-state index in [1.54, 1.807) is 0 Å². The van der Waals surface area contributed by atoms with Gasteiger partial charge in [0.2, 0.25) is 34.6 Å². The van der Waals surface area contributed by atoms with Crippen LogP contribution in [0, 0.1) is 107 Å². The molecule has 4 rings (SSSR count). The van der Waals surface area contributed by atoms with Crippen LogP contribution in [0.5, 0.6) is 51.7 Å². The van der Waals surface area contributed by atoms with Gasteiger partial charge in [0.05, 0.1) is 76.2 Å². The van der Waals surface area contributed by atoms with Crippen LogP contribution >= 0.6 is 0 Å². The van der Waals surface area contributed by atoms with Crippen LogP contribution in [0.4, 0.5) is 17.1 Å². The molecule has 0 spiro atoms. The zero-order valence-electron chi connectivity index (χ0n) is 89.8. The van der Waals surface area contributed by atoms with E-state index in [4.69, 9.17) is 42.6 Å². The lowest BCUT2D eigenvalue weighted by atomic mass is 9.84. The molecule has 0 aliphatic heterocycles. The Hall–Kier alpha value is -6.51. The first kappa shape index (κ1) is 118.